The summed E-state index contributed by atoms with van der Waals surface area (Å²) in [4.78, 5) is 1.47. The van der Waals surface area contributed by atoms with Gasteiger partial charge in [0.2, 0.25) is 0 Å². The Morgan fingerprint density at radius 1 is 1.28 bits per heavy atom. The summed E-state index contributed by atoms with van der Waals surface area (Å²) < 4.78 is 0. The number of aryl methyl sites for hydroxylation is 1. The molecule has 3 heteroatoms. The van der Waals surface area contributed by atoms with Crippen LogP contribution >= 0.6 is 23.1 Å². The topological polar surface area (TPSA) is 12.0 Å². The molecule has 0 fully saturated rings. The molecule has 1 aromatic carbocycles. The molecule has 1 unspecified atom stereocenters. The highest BCUT2D eigenvalue weighted by atomic mass is 32.2. The third-order valence-electron chi connectivity index (χ3n) is 3.36. The second kappa shape index (κ2) is 5.47. The van der Waals surface area contributed by atoms with E-state index in [1.165, 1.54) is 28.0 Å². The molecule has 0 amide bonds. The average molecular weight is 275 g/mol. The molecule has 0 spiro atoms. The van der Waals surface area contributed by atoms with Crippen LogP contribution in [0.15, 0.2) is 39.9 Å². The molecular formula is C15H17NS2. The van der Waals surface area contributed by atoms with Gasteiger partial charge in [0.1, 0.15) is 0 Å². The predicted octanol–water partition coefficient (Wildman–Crippen LogP) is 3.86. The third kappa shape index (κ3) is 2.63. The Labute approximate surface area is 117 Å². The highest BCUT2D eigenvalue weighted by molar-refractivity contribution is 8.00. The Balaban J connectivity index is 1.50. The fourth-order valence-corrected chi connectivity index (χ4v) is 4.44. The maximum atomic E-state index is 3.59. The number of thiophene rings is 1. The van der Waals surface area contributed by atoms with Crippen molar-refractivity contribution in [1.29, 1.82) is 0 Å². The molecule has 1 aliphatic rings. The van der Waals surface area contributed by atoms with Gasteiger partial charge in [-0.1, -0.05) is 18.2 Å². The molecule has 1 nitrogen and oxygen atoms in total. The van der Waals surface area contributed by atoms with Crippen molar-refractivity contribution < 1.29 is 0 Å². The molecule has 2 aromatic rings. The highest BCUT2D eigenvalue weighted by Gasteiger charge is 2.21. The van der Waals surface area contributed by atoms with E-state index in [4.69, 9.17) is 0 Å². The van der Waals surface area contributed by atoms with Crippen molar-refractivity contribution in [2.24, 2.45) is 0 Å². The monoisotopic (exact) mass is 275 g/mol. The lowest BCUT2D eigenvalue weighted by atomic mass is 10.1. The predicted molar refractivity (Wildman–Crippen MR) is 80.6 cm³/mol. The van der Waals surface area contributed by atoms with E-state index in [0.29, 0.717) is 5.25 Å². The number of benzene rings is 1. The van der Waals surface area contributed by atoms with Crippen molar-refractivity contribution in [3.05, 3.63) is 51.7 Å². The average Bonchev–Trinajstić information content (AvgIpc) is 2.96. The Hall–Kier alpha value is -0.770. The largest absolute Gasteiger partial charge is 0.312 e. The summed E-state index contributed by atoms with van der Waals surface area (Å²) in [5.74, 6) is 0. The molecular weight excluding hydrogens is 258 g/mol. The van der Waals surface area contributed by atoms with Gasteiger partial charge in [0, 0.05) is 23.2 Å². The molecule has 1 N–H and O–H groups in total. The van der Waals surface area contributed by atoms with Crippen molar-refractivity contribution in [3.63, 3.8) is 0 Å². The van der Waals surface area contributed by atoms with E-state index < -0.39 is 0 Å². The van der Waals surface area contributed by atoms with Crippen LogP contribution in [0.3, 0.4) is 0 Å². The van der Waals surface area contributed by atoms with E-state index in [-0.39, 0.29) is 0 Å². The molecule has 0 bridgehead atoms. The summed E-state index contributed by atoms with van der Waals surface area (Å²) in [6.45, 7) is 4.28. The Kier molecular flexibility index (Phi) is 3.73. The Morgan fingerprint density at radius 2 is 2.17 bits per heavy atom. The summed E-state index contributed by atoms with van der Waals surface area (Å²) in [7, 11) is 0. The van der Waals surface area contributed by atoms with Crippen LogP contribution in [0.25, 0.3) is 0 Å². The van der Waals surface area contributed by atoms with E-state index in [1.54, 1.807) is 11.3 Å². The Bertz CT molecular complexity index is 508. The zero-order chi connectivity index (χ0) is 12.4. The third-order valence-corrected chi connectivity index (χ3v) is 5.59. The van der Waals surface area contributed by atoms with Gasteiger partial charge in [-0.15, -0.1) is 11.8 Å². The lowest BCUT2D eigenvalue weighted by molar-refractivity contribution is 0.664. The first-order valence-electron chi connectivity index (χ1n) is 6.30. The fraction of sp³-hybridized carbons (Fsp3) is 0.333. The van der Waals surface area contributed by atoms with Crippen LogP contribution in [0.2, 0.25) is 0 Å². The van der Waals surface area contributed by atoms with E-state index >= 15 is 0 Å². The zero-order valence-electron chi connectivity index (χ0n) is 10.5. The van der Waals surface area contributed by atoms with Gasteiger partial charge in [-0.05, 0) is 46.9 Å². The van der Waals surface area contributed by atoms with E-state index in [1.807, 2.05) is 11.8 Å². The smallest absolute Gasteiger partial charge is 0.0260 e. The van der Waals surface area contributed by atoms with Crippen molar-refractivity contribution in [3.8, 4) is 0 Å². The number of hydrogen-bond acceptors (Lipinski definition) is 3. The molecule has 1 atom stereocenters. The van der Waals surface area contributed by atoms with Gasteiger partial charge >= 0.3 is 0 Å². The van der Waals surface area contributed by atoms with Crippen LogP contribution in [-0.2, 0) is 13.0 Å². The summed E-state index contributed by atoms with van der Waals surface area (Å²) in [6.07, 6.45) is 1.20. The minimum atomic E-state index is 0.696. The molecule has 94 valence electrons. The Morgan fingerprint density at radius 3 is 2.94 bits per heavy atom. The first-order chi connectivity index (χ1) is 8.83. The van der Waals surface area contributed by atoms with Crippen molar-refractivity contribution in [1.82, 2.24) is 5.32 Å². The molecule has 1 aliphatic heterocycles. The minimum Gasteiger partial charge on any atom is -0.312 e. The summed E-state index contributed by atoms with van der Waals surface area (Å²) in [5.41, 5.74) is 4.37. The quantitative estimate of drug-likeness (QED) is 0.909. The first-order valence-corrected chi connectivity index (χ1v) is 8.12. The summed E-state index contributed by atoms with van der Waals surface area (Å²) in [5, 5.41) is 8.76. The van der Waals surface area contributed by atoms with Crippen LogP contribution in [0.4, 0.5) is 0 Å². The van der Waals surface area contributed by atoms with Crippen molar-refractivity contribution in [2.45, 2.75) is 30.0 Å². The molecule has 3 rings (SSSR count). The molecule has 0 aliphatic carbocycles. The van der Waals surface area contributed by atoms with Gasteiger partial charge in [-0.25, -0.2) is 0 Å². The maximum absolute atomic E-state index is 3.59. The van der Waals surface area contributed by atoms with E-state index in [2.05, 4.69) is 47.3 Å². The number of thioether (sulfide) groups is 1. The fourth-order valence-electron chi connectivity index (χ4n) is 2.30. The van der Waals surface area contributed by atoms with Crippen LogP contribution in [-0.4, -0.2) is 11.8 Å². The number of fused-ring (bicyclic) bond motifs is 1. The standard InChI is InChI=1S/C15H17NS2/c1-11-9-17-10-13(11)7-16-8-14-6-12-4-2-3-5-15(12)18-14/h2-5,9-10,14,16H,6-8H2,1H3. The van der Waals surface area contributed by atoms with Gasteiger partial charge in [0.25, 0.3) is 0 Å². The molecule has 0 radical (unpaired) electrons. The number of hydrogen-bond donors (Lipinski definition) is 1. The maximum Gasteiger partial charge on any atom is 0.0260 e. The first kappa shape index (κ1) is 12.3. The lowest BCUT2D eigenvalue weighted by Crippen LogP contribution is -2.24. The zero-order valence-corrected chi connectivity index (χ0v) is 12.1. The lowest BCUT2D eigenvalue weighted by Gasteiger charge is -2.09. The number of rotatable bonds is 4. The summed E-state index contributed by atoms with van der Waals surface area (Å²) >= 11 is 3.81. The van der Waals surface area contributed by atoms with Gasteiger partial charge in [0.15, 0.2) is 0 Å². The second-order valence-electron chi connectivity index (χ2n) is 4.76. The van der Waals surface area contributed by atoms with Gasteiger partial charge < -0.3 is 5.32 Å². The SMILES string of the molecule is Cc1cscc1CNCC1Cc2ccccc2S1. The second-order valence-corrected chi connectivity index (χ2v) is 6.85. The summed E-state index contributed by atoms with van der Waals surface area (Å²) in [6, 6.07) is 8.77. The molecule has 1 aromatic heterocycles. The van der Waals surface area contributed by atoms with E-state index in [0.717, 1.165) is 13.1 Å². The van der Waals surface area contributed by atoms with Gasteiger partial charge in [-0.2, -0.15) is 11.3 Å². The van der Waals surface area contributed by atoms with Crippen molar-refractivity contribution >= 4 is 23.1 Å². The highest BCUT2D eigenvalue weighted by Crippen LogP contribution is 2.36. The van der Waals surface area contributed by atoms with E-state index in [9.17, 15) is 0 Å². The van der Waals surface area contributed by atoms with Crippen LogP contribution < -0.4 is 5.32 Å². The van der Waals surface area contributed by atoms with Crippen LogP contribution in [0, 0.1) is 6.92 Å². The minimum absolute atomic E-state index is 0.696. The van der Waals surface area contributed by atoms with Crippen LogP contribution in [0.1, 0.15) is 16.7 Å². The van der Waals surface area contributed by atoms with Gasteiger partial charge in [0.05, 0.1) is 0 Å². The molecule has 18 heavy (non-hydrogen) atoms. The molecule has 0 saturated heterocycles. The van der Waals surface area contributed by atoms with Gasteiger partial charge in [-0.3, -0.25) is 0 Å². The van der Waals surface area contributed by atoms with Crippen LogP contribution in [0.5, 0.6) is 0 Å². The van der Waals surface area contributed by atoms with Crippen molar-refractivity contribution in [2.75, 3.05) is 6.54 Å². The number of nitrogens with one attached hydrogen (secondary N) is 1. The normalized spacial score (nSPS) is 17.9. The molecule has 0 saturated carbocycles. The molecule has 2 heterocycles.